The summed E-state index contributed by atoms with van der Waals surface area (Å²) in [4.78, 5) is 14.8. The number of carbonyl (C=O) groups excluding carboxylic acids is 1. The molecule has 0 saturated carbocycles. The zero-order valence-electron chi connectivity index (χ0n) is 10.2. The number of hydrogen-bond donors (Lipinski definition) is 1. The number of esters is 1. The first-order valence-corrected chi connectivity index (χ1v) is 5.90. The van der Waals surface area contributed by atoms with Crippen molar-refractivity contribution in [3.8, 4) is 0 Å². The monoisotopic (exact) mass is 221 g/mol. The average Bonchev–Trinajstić information content (AvgIpc) is 2.59. The van der Waals surface area contributed by atoms with Gasteiger partial charge in [0.1, 0.15) is 5.69 Å². The van der Waals surface area contributed by atoms with E-state index in [-0.39, 0.29) is 5.97 Å². The Morgan fingerprint density at radius 1 is 1.56 bits per heavy atom. The number of H-pyrrole nitrogens is 1. The molecule has 0 atom stereocenters. The van der Waals surface area contributed by atoms with Crippen molar-refractivity contribution >= 4 is 5.97 Å². The van der Waals surface area contributed by atoms with Gasteiger partial charge in [0.25, 0.3) is 0 Å². The largest absolute Gasteiger partial charge is 0.461 e. The minimum atomic E-state index is -0.241. The highest BCUT2D eigenvalue weighted by molar-refractivity contribution is 5.87. The van der Waals surface area contributed by atoms with Crippen molar-refractivity contribution < 1.29 is 9.53 Å². The van der Waals surface area contributed by atoms with Gasteiger partial charge in [-0.1, -0.05) is 13.8 Å². The van der Waals surface area contributed by atoms with E-state index in [0.717, 1.165) is 12.8 Å². The number of aromatic nitrogens is 1. The van der Waals surface area contributed by atoms with E-state index in [1.807, 2.05) is 13.0 Å². The van der Waals surface area contributed by atoms with Crippen molar-refractivity contribution in [3.05, 3.63) is 23.0 Å². The van der Waals surface area contributed by atoms with E-state index in [9.17, 15) is 4.79 Å². The van der Waals surface area contributed by atoms with Gasteiger partial charge in [0, 0.05) is 5.69 Å². The molecule has 1 aliphatic rings. The van der Waals surface area contributed by atoms with Gasteiger partial charge in [-0.25, -0.2) is 4.79 Å². The summed E-state index contributed by atoms with van der Waals surface area (Å²) in [6, 6.07) is 1.95. The molecule has 0 saturated heterocycles. The molecule has 0 amide bonds. The summed E-state index contributed by atoms with van der Waals surface area (Å²) in [6.45, 7) is 6.78. The highest BCUT2D eigenvalue weighted by Gasteiger charge is 2.27. The van der Waals surface area contributed by atoms with Gasteiger partial charge in [0.15, 0.2) is 0 Å². The molecule has 0 fully saturated rings. The number of fused-ring (bicyclic) bond motifs is 1. The Balaban J connectivity index is 2.21. The van der Waals surface area contributed by atoms with Gasteiger partial charge in [-0.15, -0.1) is 0 Å². The third-order valence-electron chi connectivity index (χ3n) is 3.21. The molecule has 3 heteroatoms. The zero-order valence-corrected chi connectivity index (χ0v) is 10.2. The molecule has 16 heavy (non-hydrogen) atoms. The molecule has 0 bridgehead atoms. The SMILES string of the molecule is CCOC(=O)c1cc2c([nH]1)CC(C)(C)CC2. The summed E-state index contributed by atoms with van der Waals surface area (Å²) < 4.78 is 4.99. The van der Waals surface area contributed by atoms with E-state index in [1.165, 1.54) is 17.7 Å². The van der Waals surface area contributed by atoms with Crippen LogP contribution in [0.15, 0.2) is 6.07 Å². The lowest BCUT2D eigenvalue weighted by atomic mass is 9.77. The zero-order chi connectivity index (χ0) is 11.8. The van der Waals surface area contributed by atoms with E-state index in [1.54, 1.807) is 0 Å². The smallest absolute Gasteiger partial charge is 0.354 e. The van der Waals surface area contributed by atoms with Crippen LogP contribution in [0.4, 0.5) is 0 Å². The second-order valence-electron chi connectivity index (χ2n) is 5.25. The first-order chi connectivity index (χ1) is 7.52. The Hall–Kier alpha value is -1.25. The molecule has 0 unspecified atom stereocenters. The molecule has 1 aromatic rings. The Labute approximate surface area is 96.2 Å². The number of aryl methyl sites for hydroxylation is 1. The van der Waals surface area contributed by atoms with Gasteiger partial charge in [0.05, 0.1) is 6.61 Å². The topological polar surface area (TPSA) is 42.1 Å². The van der Waals surface area contributed by atoms with Gasteiger partial charge in [-0.05, 0) is 43.2 Å². The second kappa shape index (κ2) is 3.96. The Morgan fingerprint density at radius 3 is 3.00 bits per heavy atom. The van der Waals surface area contributed by atoms with E-state index in [4.69, 9.17) is 4.74 Å². The van der Waals surface area contributed by atoms with Crippen LogP contribution in [0.25, 0.3) is 0 Å². The van der Waals surface area contributed by atoms with Gasteiger partial charge in [-0.3, -0.25) is 0 Å². The summed E-state index contributed by atoms with van der Waals surface area (Å²) in [5.74, 6) is -0.241. The van der Waals surface area contributed by atoms with Crippen LogP contribution in [0.3, 0.4) is 0 Å². The minimum Gasteiger partial charge on any atom is -0.461 e. The van der Waals surface area contributed by atoms with E-state index < -0.39 is 0 Å². The molecular formula is C13H19NO2. The lowest BCUT2D eigenvalue weighted by Gasteiger charge is -2.29. The lowest BCUT2D eigenvalue weighted by Crippen LogP contribution is -2.21. The van der Waals surface area contributed by atoms with Gasteiger partial charge >= 0.3 is 5.97 Å². The molecule has 1 aliphatic carbocycles. The molecule has 1 heterocycles. The van der Waals surface area contributed by atoms with Gasteiger partial charge in [-0.2, -0.15) is 0 Å². The van der Waals surface area contributed by atoms with Crippen molar-refractivity contribution in [1.82, 2.24) is 4.98 Å². The van der Waals surface area contributed by atoms with Crippen LogP contribution in [0.2, 0.25) is 0 Å². The predicted octanol–water partition coefficient (Wildman–Crippen LogP) is 2.71. The fraction of sp³-hybridized carbons (Fsp3) is 0.615. The molecule has 0 aliphatic heterocycles. The molecule has 2 rings (SSSR count). The number of rotatable bonds is 2. The van der Waals surface area contributed by atoms with Gasteiger partial charge < -0.3 is 9.72 Å². The maximum Gasteiger partial charge on any atom is 0.354 e. The summed E-state index contributed by atoms with van der Waals surface area (Å²) >= 11 is 0. The molecule has 1 N–H and O–H groups in total. The molecule has 88 valence electrons. The number of carbonyl (C=O) groups is 1. The van der Waals surface area contributed by atoms with Crippen LogP contribution in [-0.2, 0) is 17.6 Å². The first kappa shape index (κ1) is 11.2. The van der Waals surface area contributed by atoms with Gasteiger partial charge in [0.2, 0.25) is 0 Å². The number of hydrogen-bond acceptors (Lipinski definition) is 2. The van der Waals surface area contributed by atoms with E-state index in [0.29, 0.717) is 17.7 Å². The average molecular weight is 221 g/mol. The normalized spacial score (nSPS) is 17.9. The third kappa shape index (κ3) is 2.13. The highest BCUT2D eigenvalue weighted by atomic mass is 16.5. The molecular weight excluding hydrogens is 202 g/mol. The molecule has 3 nitrogen and oxygen atoms in total. The Morgan fingerprint density at radius 2 is 2.31 bits per heavy atom. The van der Waals surface area contributed by atoms with Crippen molar-refractivity contribution in [2.75, 3.05) is 6.61 Å². The summed E-state index contributed by atoms with van der Waals surface area (Å²) in [5, 5.41) is 0. The predicted molar refractivity (Wildman–Crippen MR) is 62.6 cm³/mol. The van der Waals surface area contributed by atoms with Crippen molar-refractivity contribution in [2.45, 2.75) is 40.0 Å². The van der Waals surface area contributed by atoms with Crippen LogP contribution in [0.5, 0.6) is 0 Å². The third-order valence-corrected chi connectivity index (χ3v) is 3.21. The first-order valence-electron chi connectivity index (χ1n) is 5.90. The number of nitrogens with one attached hydrogen (secondary N) is 1. The summed E-state index contributed by atoms with van der Waals surface area (Å²) in [6.07, 6.45) is 3.25. The standard InChI is InChI=1S/C13H19NO2/c1-4-16-12(15)10-7-9-5-6-13(2,3)8-11(9)14-10/h7,14H,4-6,8H2,1-3H3. The Bertz CT molecular complexity index is 404. The highest BCUT2D eigenvalue weighted by Crippen LogP contribution is 2.34. The number of aromatic amines is 1. The van der Waals surface area contributed by atoms with Crippen molar-refractivity contribution in [2.24, 2.45) is 5.41 Å². The maximum atomic E-state index is 11.6. The van der Waals surface area contributed by atoms with Crippen LogP contribution >= 0.6 is 0 Å². The van der Waals surface area contributed by atoms with Crippen LogP contribution in [0, 0.1) is 5.41 Å². The maximum absolute atomic E-state index is 11.6. The molecule has 1 aromatic heterocycles. The second-order valence-corrected chi connectivity index (χ2v) is 5.25. The Kier molecular flexibility index (Phi) is 2.78. The van der Waals surface area contributed by atoms with Crippen LogP contribution in [0.1, 0.15) is 48.9 Å². The lowest BCUT2D eigenvalue weighted by molar-refractivity contribution is 0.0520. The van der Waals surface area contributed by atoms with E-state index >= 15 is 0 Å². The molecule has 0 aromatic carbocycles. The quantitative estimate of drug-likeness (QED) is 0.780. The summed E-state index contributed by atoms with van der Waals surface area (Å²) in [5.41, 5.74) is 3.43. The molecule has 0 spiro atoms. The van der Waals surface area contributed by atoms with Crippen LogP contribution in [-0.4, -0.2) is 17.6 Å². The summed E-state index contributed by atoms with van der Waals surface area (Å²) in [7, 11) is 0. The molecule has 0 radical (unpaired) electrons. The van der Waals surface area contributed by atoms with E-state index in [2.05, 4.69) is 18.8 Å². The van der Waals surface area contributed by atoms with Crippen LogP contribution < -0.4 is 0 Å². The van der Waals surface area contributed by atoms with Crippen molar-refractivity contribution in [3.63, 3.8) is 0 Å². The fourth-order valence-electron chi connectivity index (χ4n) is 2.28. The minimum absolute atomic E-state index is 0.241. The number of ether oxygens (including phenoxy) is 1. The van der Waals surface area contributed by atoms with Crippen molar-refractivity contribution in [1.29, 1.82) is 0 Å². The fourth-order valence-corrected chi connectivity index (χ4v) is 2.28.